The van der Waals surface area contributed by atoms with Crippen molar-refractivity contribution in [1.29, 1.82) is 0 Å². The minimum Gasteiger partial charge on any atom is -0.459 e. The Balaban J connectivity index is 1.78. The summed E-state index contributed by atoms with van der Waals surface area (Å²) >= 11 is 0. The van der Waals surface area contributed by atoms with Gasteiger partial charge in [-0.1, -0.05) is 25.1 Å². The predicted molar refractivity (Wildman–Crippen MR) is 93.1 cm³/mol. The van der Waals surface area contributed by atoms with Crippen LogP contribution in [0.1, 0.15) is 41.9 Å². The number of carbonyl (C=O) groups is 1. The first kappa shape index (κ1) is 16.6. The molecule has 1 aromatic heterocycles. The van der Waals surface area contributed by atoms with Crippen LogP contribution in [0.25, 0.3) is 0 Å². The molecule has 0 bridgehead atoms. The van der Waals surface area contributed by atoms with Gasteiger partial charge in [-0.15, -0.1) is 0 Å². The number of hydrogen-bond acceptors (Lipinski definition) is 4. The molecular formula is C19H24N2O3. The molecule has 2 heterocycles. The molecule has 24 heavy (non-hydrogen) atoms. The highest BCUT2D eigenvalue weighted by molar-refractivity contribution is 5.93. The molecule has 2 atom stereocenters. The lowest BCUT2D eigenvalue weighted by atomic mass is 10.1. The second kappa shape index (κ2) is 7.09. The van der Waals surface area contributed by atoms with Crippen LogP contribution in [0, 0.1) is 0 Å². The fraction of sp³-hybridized carbons (Fsp3) is 0.421. The summed E-state index contributed by atoms with van der Waals surface area (Å²) in [6, 6.07) is 10.4. The molecule has 0 fully saturated rings. The van der Waals surface area contributed by atoms with E-state index in [1.54, 1.807) is 6.26 Å². The van der Waals surface area contributed by atoms with Gasteiger partial charge < -0.3 is 19.7 Å². The number of aliphatic hydroxyl groups excluding tert-OH is 1. The van der Waals surface area contributed by atoms with Gasteiger partial charge in [-0.05, 0) is 37.5 Å². The Bertz CT molecular complexity index is 706. The molecule has 3 rings (SSSR count). The van der Waals surface area contributed by atoms with Crippen LogP contribution in [0.2, 0.25) is 0 Å². The zero-order valence-electron chi connectivity index (χ0n) is 14.2. The van der Waals surface area contributed by atoms with Gasteiger partial charge in [-0.3, -0.25) is 4.79 Å². The topological polar surface area (TPSA) is 65.7 Å². The van der Waals surface area contributed by atoms with E-state index in [2.05, 4.69) is 35.3 Å². The molecule has 2 N–H and O–H groups in total. The molecule has 0 spiro atoms. The number of rotatable bonds is 6. The van der Waals surface area contributed by atoms with Gasteiger partial charge in [0.2, 0.25) is 0 Å². The highest BCUT2D eigenvalue weighted by Crippen LogP contribution is 2.33. The van der Waals surface area contributed by atoms with Crippen molar-refractivity contribution in [3.05, 3.63) is 53.5 Å². The van der Waals surface area contributed by atoms with Crippen molar-refractivity contribution in [3.8, 4) is 0 Å². The third kappa shape index (κ3) is 3.17. The van der Waals surface area contributed by atoms with Crippen molar-refractivity contribution in [2.75, 3.05) is 11.5 Å². The van der Waals surface area contributed by atoms with Crippen molar-refractivity contribution in [1.82, 2.24) is 5.32 Å². The standard InChI is InChI=1S/C19H24N2O3/c1-3-16(12-22)20-19(23)18-15(8-9-24-18)11-21-13(2)10-14-6-4-5-7-17(14)21/h4-9,13,16,22H,3,10-12H2,1-2H3,(H,20,23). The quantitative estimate of drug-likeness (QED) is 0.856. The van der Waals surface area contributed by atoms with E-state index in [4.69, 9.17) is 4.42 Å². The normalized spacial score (nSPS) is 17.6. The molecule has 1 aliphatic heterocycles. The highest BCUT2D eigenvalue weighted by Gasteiger charge is 2.28. The van der Waals surface area contributed by atoms with Crippen LogP contribution in [-0.2, 0) is 13.0 Å². The van der Waals surface area contributed by atoms with Gasteiger partial charge in [0.1, 0.15) is 0 Å². The molecule has 0 aliphatic carbocycles. The molecule has 2 unspecified atom stereocenters. The largest absolute Gasteiger partial charge is 0.459 e. The van der Waals surface area contributed by atoms with E-state index in [1.165, 1.54) is 11.3 Å². The summed E-state index contributed by atoms with van der Waals surface area (Å²) in [7, 11) is 0. The van der Waals surface area contributed by atoms with Gasteiger partial charge in [0.15, 0.2) is 5.76 Å². The van der Waals surface area contributed by atoms with E-state index in [0.29, 0.717) is 24.8 Å². The summed E-state index contributed by atoms with van der Waals surface area (Å²) in [6.45, 7) is 4.67. The second-order valence-corrected chi connectivity index (χ2v) is 6.35. The van der Waals surface area contributed by atoms with Crippen molar-refractivity contribution >= 4 is 11.6 Å². The van der Waals surface area contributed by atoms with Crippen LogP contribution in [-0.4, -0.2) is 29.7 Å². The van der Waals surface area contributed by atoms with Crippen LogP contribution >= 0.6 is 0 Å². The molecule has 5 nitrogen and oxygen atoms in total. The number of nitrogens with zero attached hydrogens (tertiary/aromatic N) is 1. The van der Waals surface area contributed by atoms with Crippen LogP contribution < -0.4 is 10.2 Å². The highest BCUT2D eigenvalue weighted by atomic mass is 16.3. The molecule has 2 aromatic rings. The Morgan fingerprint density at radius 1 is 1.42 bits per heavy atom. The number of benzene rings is 1. The van der Waals surface area contributed by atoms with Crippen molar-refractivity contribution < 1.29 is 14.3 Å². The molecule has 5 heteroatoms. The van der Waals surface area contributed by atoms with Gasteiger partial charge >= 0.3 is 0 Å². The first-order chi connectivity index (χ1) is 11.6. The van der Waals surface area contributed by atoms with Crippen molar-refractivity contribution in [2.45, 2.75) is 45.3 Å². The Morgan fingerprint density at radius 3 is 2.96 bits per heavy atom. The average Bonchev–Trinajstić information content (AvgIpc) is 3.18. The summed E-state index contributed by atoms with van der Waals surface area (Å²) in [6.07, 6.45) is 3.24. The number of para-hydroxylation sites is 1. The van der Waals surface area contributed by atoms with E-state index in [-0.39, 0.29) is 18.6 Å². The minimum atomic E-state index is -0.268. The lowest BCUT2D eigenvalue weighted by Gasteiger charge is -2.24. The van der Waals surface area contributed by atoms with Crippen LogP contribution in [0.4, 0.5) is 5.69 Å². The zero-order chi connectivity index (χ0) is 17.1. The average molecular weight is 328 g/mol. The molecule has 0 saturated carbocycles. The maximum absolute atomic E-state index is 12.4. The Morgan fingerprint density at radius 2 is 2.21 bits per heavy atom. The smallest absolute Gasteiger partial charge is 0.287 e. The van der Waals surface area contributed by atoms with E-state index in [1.807, 2.05) is 19.1 Å². The number of hydrogen-bond donors (Lipinski definition) is 2. The number of amides is 1. The van der Waals surface area contributed by atoms with Gasteiger partial charge in [0.05, 0.1) is 18.9 Å². The Kier molecular flexibility index (Phi) is 4.90. The van der Waals surface area contributed by atoms with Crippen molar-refractivity contribution in [3.63, 3.8) is 0 Å². The molecular weight excluding hydrogens is 304 g/mol. The third-order valence-electron chi connectivity index (χ3n) is 4.69. The van der Waals surface area contributed by atoms with Crippen molar-refractivity contribution in [2.24, 2.45) is 0 Å². The molecule has 1 aromatic carbocycles. The lowest BCUT2D eigenvalue weighted by Crippen LogP contribution is -2.37. The van der Waals surface area contributed by atoms with E-state index in [9.17, 15) is 9.90 Å². The maximum Gasteiger partial charge on any atom is 0.287 e. The number of nitrogens with one attached hydrogen (secondary N) is 1. The fourth-order valence-corrected chi connectivity index (χ4v) is 3.24. The van der Waals surface area contributed by atoms with Gasteiger partial charge in [0.25, 0.3) is 5.91 Å². The van der Waals surface area contributed by atoms with Gasteiger partial charge in [-0.2, -0.15) is 0 Å². The minimum absolute atomic E-state index is 0.0746. The summed E-state index contributed by atoms with van der Waals surface area (Å²) < 4.78 is 5.43. The van der Waals surface area contributed by atoms with E-state index >= 15 is 0 Å². The van der Waals surface area contributed by atoms with Crippen LogP contribution in [0.3, 0.4) is 0 Å². The van der Waals surface area contributed by atoms with Crippen LogP contribution in [0.5, 0.6) is 0 Å². The third-order valence-corrected chi connectivity index (χ3v) is 4.69. The maximum atomic E-state index is 12.4. The molecule has 0 saturated heterocycles. The number of aliphatic hydroxyl groups is 1. The SMILES string of the molecule is CCC(CO)NC(=O)c1occc1CN1c2ccccc2CC1C. The summed E-state index contributed by atoms with van der Waals surface area (Å²) in [4.78, 5) is 14.7. The lowest BCUT2D eigenvalue weighted by molar-refractivity contribution is 0.0885. The summed E-state index contributed by atoms with van der Waals surface area (Å²) in [5, 5.41) is 12.1. The zero-order valence-corrected chi connectivity index (χ0v) is 14.2. The van der Waals surface area contributed by atoms with Gasteiger partial charge in [-0.25, -0.2) is 0 Å². The molecule has 128 valence electrons. The number of fused-ring (bicyclic) bond motifs is 1. The number of furan rings is 1. The second-order valence-electron chi connectivity index (χ2n) is 6.35. The monoisotopic (exact) mass is 328 g/mol. The Hall–Kier alpha value is -2.27. The molecule has 0 radical (unpaired) electrons. The molecule has 1 aliphatic rings. The van der Waals surface area contributed by atoms with E-state index < -0.39 is 0 Å². The first-order valence-corrected chi connectivity index (χ1v) is 8.46. The summed E-state index contributed by atoms with van der Waals surface area (Å²) in [5.41, 5.74) is 3.43. The number of carbonyl (C=O) groups excluding carboxylic acids is 1. The first-order valence-electron chi connectivity index (χ1n) is 8.46. The molecule has 1 amide bonds. The number of anilines is 1. The summed E-state index contributed by atoms with van der Waals surface area (Å²) in [5.74, 6) is 0.0644. The van der Waals surface area contributed by atoms with Gasteiger partial charge in [0, 0.05) is 23.8 Å². The Labute approximate surface area is 142 Å². The van der Waals surface area contributed by atoms with Crippen LogP contribution in [0.15, 0.2) is 41.0 Å². The van der Waals surface area contributed by atoms with E-state index in [0.717, 1.165) is 12.0 Å². The fourth-order valence-electron chi connectivity index (χ4n) is 3.24. The predicted octanol–water partition coefficient (Wildman–Crippen LogP) is 2.73.